The van der Waals surface area contributed by atoms with Crippen LogP contribution in [0.4, 0.5) is 4.79 Å². The minimum absolute atomic E-state index is 0. The van der Waals surface area contributed by atoms with Crippen LogP contribution in [0.5, 0.6) is 11.5 Å². The molecular formula is C74H138CoN4O5. The summed E-state index contributed by atoms with van der Waals surface area (Å²) >= 11 is 0. The van der Waals surface area contributed by atoms with E-state index in [1.165, 1.54) is 188 Å². The van der Waals surface area contributed by atoms with Crippen molar-refractivity contribution in [2.75, 3.05) is 52.4 Å². The van der Waals surface area contributed by atoms with Crippen molar-refractivity contribution < 1.29 is 51.0 Å². The maximum atomic E-state index is 12.4. The third-order valence-electron chi connectivity index (χ3n) is 18.6. The fourth-order valence-electron chi connectivity index (χ4n) is 13.0. The number of nitrogens with zero attached hydrogens (tertiary/aromatic N) is 4. The smallest absolute Gasteiger partial charge is 0.503 e. The van der Waals surface area contributed by atoms with Crippen molar-refractivity contribution in [3.8, 4) is 11.5 Å². The van der Waals surface area contributed by atoms with Gasteiger partial charge >= 0.3 is 6.16 Å². The largest absolute Gasteiger partial charge is 0.507 e. The minimum Gasteiger partial charge on any atom is -0.507 e. The Kier molecular flexibility index (Phi) is 43.5. The van der Waals surface area contributed by atoms with Crippen LogP contribution < -0.4 is 0 Å². The fraction of sp³-hybridized carbons (Fsp3) is 0.770. The number of phenolic OH excluding ortho intramolecular Hbond substituents is 2. The van der Waals surface area contributed by atoms with Crippen LogP contribution in [-0.2, 0) is 38.4 Å². The van der Waals surface area contributed by atoms with Crippen molar-refractivity contribution in [3.63, 3.8) is 0 Å². The summed E-state index contributed by atoms with van der Waals surface area (Å²) in [7, 11) is 0. The molecule has 493 valence electrons. The summed E-state index contributed by atoms with van der Waals surface area (Å²) in [6, 6.07) is 9.37. The van der Waals surface area contributed by atoms with E-state index in [9.17, 15) is 10.2 Å². The second-order valence-electron chi connectivity index (χ2n) is 27.8. The SMILES string of the molecule is C.CCCCC(C)(CCCC)c1cc(C=NC2CCCCC2N=Cc2cc(C(C)(CCC[N+](CCCC)(CCCC)CCCC)CCC[N+](CCCC)(CCCC)CCCC)cc(C(C)(C)C)c2O)c(O)c(C(C)(C)C)c1.O=C(O)O.[CH3-].[CH3-].[Co]. The number of hydrogen-bond acceptors (Lipinski definition) is 5. The van der Waals surface area contributed by atoms with Gasteiger partial charge in [-0.3, -0.25) is 9.98 Å². The molecule has 1 aliphatic rings. The number of rotatable bonds is 38. The van der Waals surface area contributed by atoms with Gasteiger partial charge in [-0.15, -0.1) is 0 Å². The van der Waals surface area contributed by atoms with E-state index in [-0.39, 0.29) is 72.8 Å². The minimum atomic E-state index is -1.83. The summed E-state index contributed by atoms with van der Waals surface area (Å²) in [4.78, 5) is 19.4. The van der Waals surface area contributed by atoms with Crippen LogP contribution in [-0.4, -0.2) is 112 Å². The predicted octanol–water partition coefficient (Wildman–Crippen LogP) is 21.2. The number of carbonyl (C=O) groups is 1. The molecule has 0 bridgehead atoms. The second-order valence-corrected chi connectivity index (χ2v) is 27.8. The molecule has 1 saturated carbocycles. The van der Waals surface area contributed by atoms with Crippen LogP contribution in [0.2, 0.25) is 0 Å². The van der Waals surface area contributed by atoms with Gasteiger partial charge in [-0.1, -0.05) is 207 Å². The zero-order valence-electron chi connectivity index (χ0n) is 57.5. The molecule has 0 amide bonds. The molecule has 1 fully saturated rings. The first kappa shape index (κ1) is 85.3. The molecule has 2 unspecified atom stereocenters. The average Bonchev–Trinajstić information content (AvgIpc) is 3.42. The summed E-state index contributed by atoms with van der Waals surface area (Å²) in [5.41, 5.74) is 5.99. The zero-order valence-corrected chi connectivity index (χ0v) is 58.5. The Bertz CT molecular complexity index is 2010. The van der Waals surface area contributed by atoms with E-state index in [4.69, 9.17) is 25.0 Å². The topological polar surface area (TPSA) is 123 Å². The molecule has 2 aromatic rings. The van der Waals surface area contributed by atoms with Crippen molar-refractivity contribution in [3.05, 3.63) is 72.5 Å². The van der Waals surface area contributed by atoms with Gasteiger partial charge in [-0.05, 0) is 135 Å². The Morgan fingerprint density at radius 1 is 0.464 bits per heavy atom. The number of aliphatic imine (C=N–C) groups is 2. The number of benzene rings is 2. The molecule has 0 saturated heterocycles. The normalized spacial score (nSPS) is 15.2. The van der Waals surface area contributed by atoms with E-state index in [1.54, 1.807) is 0 Å². The van der Waals surface area contributed by atoms with Gasteiger partial charge in [0.1, 0.15) is 11.5 Å². The third-order valence-corrected chi connectivity index (χ3v) is 18.6. The van der Waals surface area contributed by atoms with E-state index in [0.717, 1.165) is 73.6 Å². The number of hydrogen-bond donors (Lipinski definition) is 4. The van der Waals surface area contributed by atoms with Crippen LogP contribution in [0, 0.1) is 14.9 Å². The first-order valence-electron chi connectivity index (χ1n) is 33.3. The van der Waals surface area contributed by atoms with Crippen molar-refractivity contribution in [1.29, 1.82) is 0 Å². The number of carboxylic acid groups (broad SMARTS) is 2. The van der Waals surface area contributed by atoms with Crippen LogP contribution in [0.25, 0.3) is 0 Å². The monoisotopic (exact) mass is 1220 g/mol. The molecule has 2 atom stereocenters. The summed E-state index contributed by atoms with van der Waals surface area (Å²) in [6.07, 6.45) is 33.6. The molecule has 4 N–H and O–H groups in total. The molecule has 9 nitrogen and oxygen atoms in total. The van der Waals surface area contributed by atoms with Gasteiger partial charge in [0.05, 0.1) is 64.4 Å². The fourth-order valence-corrected chi connectivity index (χ4v) is 13.0. The summed E-state index contributed by atoms with van der Waals surface area (Å²) in [5.74, 6) is 0.747. The van der Waals surface area contributed by atoms with Crippen LogP contribution in [0.15, 0.2) is 34.3 Å². The third kappa shape index (κ3) is 28.5. The summed E-state index contributed by atoms with van der Waals surface area (Å²) in [5, 5.41) is 38.3. The average molecular weight is 1220 g/mol. The Balaban J connectivity index is -0.00000793. The second kappa shape index (κ2) is 42.9. The maximum absolute atomic E-state index is 12.4. The predicted molar refractivity (Wildman–Crippen MR) is 366 cm³/mol. The Labute approximate surface area is 532 Å². The standard InChI is InChI=1S/C70H124N4O2.CH2O3.CH4.2CH3.Co/c1-17-25-39-69(15,40-26-18-2)59-51-57(65(75)61(53-59)67(9,10)11)55-71-63-37-33-34-38-64(63)72-56-58-52-60(54-62(66(58)76)68(12,13)14)70(16,41-35-49-73(43-27-19-3,44-28-20-4)45-29-21-5)42-36-50-74(46-30-22-6,47-31-23-7)48-32-24-8;2-1(3)4;;;;/h51-56,63-64H,17-50H2,1-16H3;(H2,2,3,4);1H4;2*1H3;/q;;;2*-1;/p+2. The zero-order chi connectivity index (χ0) is 60.0. The van der Waals surface area contributed by atoms with E-state index < -0.39 is 6.16 Å². The van der Waals surface area contributed by atoms with E-state index in [0.29, 0.717) is 11.5 Å². The van der Waals surface area contributed by atoms with Gasteiger partial charge in [-0.25, -0.2) is 4.79 Å². The molecule has 0 spiro atoms. The van der Waals surface area contributed by atoms with Crippen molar-refractivity contribution in [2.24, 2.45) is 9.98 Å². The van der Waals surface area contributed by atoms with Gasteiger partial charge in [0.2, 0.25) is 0 Å². The Morgan fingerprint density at radius 2 is 0.702 bits per heavy atom. The molecule has 2 aromatic carbocycles. The van der Waals surface area contributed by atoms with Crippen LogP contribution >= 0.6 is 0 Å². The van der Waals surface area contributed by atoms with E-state index in [1.807, 2.05) is 12.4 Å². The van der Waals surface area contributed by atoms with Crippen LogP contribution in [0.1, 0.15) is 319 Å². The Hall–Kier alpha value is -2.92. The molecular weight excluding hydrogens is 1080 g/mol. The summed E-state index contributed by atoms with van der Waals surface area (Å²) < 4.78 is 2.56. The first-order chi connectivity index (χ1) is 37.8. The van der Waals surface area contributed by atoms with Gasteiger partial charge in [-0.2, -0.15) is 0 Å². The molecule has 3 rings (SSSR count). The van der Waals surface area contributed by atoms with Gasteiger partial charge in [0, 0.05) is 51.5 Å². The molecule has 0 heterocycles. The Morgan fingerprint density at radius 3 is 0.940 bits per heavy atom. The van der Waals surface area contributed by atoms with Gasteiger partial charge < -0.3 is 44.2 Å². The molecule has 10 heteroatoms. The molecule has 0 aromatic heterocycles. The van der Waals surface area contributed by atoms with Crippen molar-refractivity contribution in [1.82, 2.24) is 0 Å². The van der Waals surface area contributed by atoms with Gasteiger partial charge in [0.25, 0.3) is 0 Å². The molecule has 84 heavy (non-hydrogen) atoms. The molecule has 1 aliphatic carbocycles. The first-order valence-corrected chi connectivity index (χ1v) is 33.3. The molecule has 0 aliphatic heterocycles. The van der Waals surface area contributed by atoms with Crippen LogP contribution in [0.3, 0.4) is 0 Å². The quantitative estimate of drug-likeness (QED) is 0.0303. The maximum Gasteiger partial charge on any atom is 0.503 e. The number of aromatic hydroxyl groups is 2. The van der Waals surface area contributed by atoms with E-state index in [2.05, 4.69) is 135 Å². The summed E-state index contributed by atoms with van der Waals surface area (Å²) in [6.45, 7) is 47.7. The number of quaternary nitrogens is 2. The van der Waals surface area contributed by atoms with Crippen molar-refractivity contribution >= 4 is 18.6 Å². The van der Waals surface area contributed by atoms with Crippen molar-refractivity contribution in [2.45, 2.75) is 319 Å². The number of phenols is 2. The molecule has 1 radical (unpaired) electrons. The van der Waals surface area contributed by atoms with Gasteiger partial charge in [0.15, 0.2) is 0 Å². The van der Waals surface area contributed by atoms with E-state index >= 15 is 0 Å². The number of unbranched alkanes of at least 4 members (excludes halogenated alkanes) is 8.